The standard InChI is InChI=1S/C22H21F3N8O2/c1-12-28-18-17(13-4-5-16(26-8-13)22(23,24)25)29-21(30-19(18)20(34)32(12)3)33-6-7-35-15(11-33)14-9-27-31(2)10-14/h4-5,8-10,15H,6-7,11H2,1-3H3/t15-/m0/s1. The van der Waals surface area contributed by atoms with Crippen molar-refractivity contribution in [3.8, 4) is 11.3 Å². The van der Waals surface area contributed by atoms with Crippen LogP contribution < -0.4 is 10.5 Å². The third-order valence-corrected chi connectivity index (χ3v) is 5.91. The number of aryl methyl sites for hydroxylation is 2. The van der Waals surface area contributed by atoms with Crippen LogP contribution in [-0.4, -0.2) is 54.0 Å². The van der Waals surface area contributed by atoms with Crippen molar-refractivity contribution >= 4 is 17.0 Å². The van der Waals surface area contributed by atoms with E-state index in [-0.39, 0.29) is 34.3 Å². The normalized spacial score (nSPS) is 16.7. The molecule has 35 heavy (non-hydrogen) atoms. The molecule has 1 saturated heterocycles. The summed E-state index contributed by atoms with van der Waals surface area (Å²) in [5.41, 5.74) is 0.288. The second-order valence-electron chi connectivity index (χ2n) is 8.28. The lowest BCUT2D eigenvalue weighted by molar-refractivity contribution is -0.141. The van der Waals surface area contributed by atoms with Crippen molar-refractivity contribution in [2.45, 2.75) is 19.2 Å². The van der Waals surface area contributed by atoms with Crippen molar-refractivity contribution in [2.24, 2.45) is 14.1 Å². The SMILES string of the molecule is Cc1nc2c(-c3ccc(C(F)(F)F)nc3)nc(N3CCO[C@H](c4cnn(C)c4)C3)nc2c(=O)n1C. The summed E-state index contributed by atoms with van der Waals surface area (Å²) in [7, 11) is 3.39. The van der Waals surface area contributed by atoms with Gasteiger partial charge < -0.3 is 9.64 Å². The molecule has 0 unspecified atom stereocenters. The fourth-order valence-electron chi connectivity index (χ4n) is 3.92. The van der Waals surface area contributed by atoms with E-state index in [0.717, 1.165) is 17.8 Å². The van der Waals surface area contributed by atoms with E-state index < -0.39 is 11.9 Å². The minimum Gasteiger partial charge on any atom is -0.370 e. The molecule has 5 heterocycles. The lowest BCUT2D eigenvalue weighted by Gasteiger charge is -2.32. The van der Waals surface area contributed by atoms with Gasteiger partial charge in [-0.3, -0.25) is 19.0 Å². The molecular formula is C22H21F3N8O2. The molecule has 1 aliphatic rings. The van der Waals surface area contributed by atoms with E-state index in [4.69, 9.17) is 4.74 Å². The topological polar surface area (TPSA) is 104 Å². The zero-order valence-corrected chi connectivity index (χ0v) is 19.1. The van der Waals surface area contributed by atoms with Gasteiger partial charge in [0.25, 0.3) is 5.56 Å². The maximum atomic E-state index is 13.1. The lowest BCUT2D eigenvalue weighted by Crippen LogP contribution is -2.39. The van der Waals surface area contributed by atoms with Crippen LogP contribution in [-0.2, 0) is 25.0 Å². The number of fused-ring (bicyclic) bond motifs is 1. The Hall–Kier alpha value is -3.87. The largest absolute Gasteiger partial charge is 0.433 e. The highest BCUT2D eigenvalue weighted by Crippen LogP contribution is 2.31. The minimum atomic E-state index is -4.57. The van der Waals surface area contributed by atoms with Gasteiger partial charge in [0.15, 0.2) is 5.52 Å². The van der Waals surface area contributed by atoms with E-state index in [9.17, 15) is 18.0 Å². The molecule has 1 fully saturated rings. The molecule has 10 nitrogen and oxygen atoms in total. The molecule has 0 bridgehead atoms. The van der Waals surface area contributed by atoms with E-state index in [1.807, 2.05) is 18.1 Å². The van der Waals surface area contributed by atoms with Gasteiger partial charge in [-0.05, 0) is 19.1 Å². The highest BCUT2D eigenvalue weighted by Gasteiger charge is 2.32. The second kappa shape index (κ2) is 8.41. The Morgan fingerprint density at radius 2 is 1.89 bits per heavy atom. The Morgan fingerprint density at radius 1 is 1.09 bits per heavy atom. The van der Waals surface area contributed by atoms with Gasteiger partial charge in [0.2, 0.25) is 5.95 Å². The second-order valence-corrected chi connectivity index (χ2v) is 8.28. The van der Waals surface area contributed by atoms with Crippen molar-refractivity contribution in [2.75, 3.05) is 24.6 Å². The van der Waals surface area contributed by atoms with E-state index in [2.05, 4.69) is 25.0 Å². The van der Waals surface area contributed by atoms with E-state index >= 15 is 0 Å². The van der Waals surface area contributed by atoms with Crippen LogP contribution in [0.1, 0.15) is 23.2 Å². The van der Waals surface area contributed by atoms with Crippen LogP contribution >= 0.6 is 0 Å². The molecule has 0 N–H and O–H groups in total. The number of nitrogens with zero attached hydrogens (tertiary/aromatic N) is 8. The molecule has 0 spiro atoms. The molecule has 4 aromatic rings. The van der Waals surface area contributed by atoms with Crippen LogP contribution in [0.3, 0.4) is 0 Å². The molecule has 0 radical (unpaired) electrons. The third kappa shape index (κ3) is 4.22. The van der Waals surface area contributed by atoms with E-state index in [1.165, 1.54) is 10.6 Å². The van der Waals surface area contributed by atoms with Crippen LogP contribution in [0.2, 0.25) is 0 Å². The number of morpholine rings is 1. The van der Waals surface area contributed by atoms with Crippen LogP contribution in [0.4, 0.5) is 19.1 Å². The van der Waals surface area contributed by atoms with Gasteiger partial charge in [0.05, 0.1) is 19.3 Å². The Balaban J connectivity index is 1.63. The average Bonchev–Trinajstić information content (AvgIpc) is 3.28. The molecule has 1 aliphatic heterocycles. The Bertz CT molecular complexity index is 1460. The van der Waals surface area contributed by atoms with Gasteiger partial charge in [-0.1, -0.05) is 0 Å². The van der Waals surface area contributed by atoms with Gasteiger partial charge >= 0.3 is 6.18 Å². The maximum Gasteiger partial charge on any atom is 0.433 e. The summed E-state index contributed by atoms with van der Waals surface area (Å²) in [5.74, 6) is 0.676. The van der Waals surface area contributed by atoms with Crippen LogP contribution in [0, 0.1) is 6.92 Å². The average molecular weight is 486 g/mol. The fourth-order valence-corrected chi connectivity index (χ4v) is 3.92. The molecular weight excluding hydrogens is 465 g/mol. The van der Waals surface area contributed by atoms with Crippen LogP contribution in [0.15, 0.2) is 35.5 Å². The summed E-state index contributed by atoms with van der Waals surface area (Å²) in [5, 5.41) is 4.19. The number of hydrogen-bond acceptors (Lipinski definition) is 8. The molecule has 1 atom stereocenters. The van der Waals surface area contributed by atoms with Gasteiger partial charge in [0, 0.05) is 44.2 Å². The molecule has 5 rings (SSSR count). The van der Waals surface area contributed by atoms with Crippen molar-refractivity contribution in [1.82, 2.24) is 34.3 Å². The molecule has 13 heteroatoms. The van der Waals surface area contributed by atoms with E-state index in [1.54, 1.807) is 24.9 Å². The number of halogens is 3. The summed E-state index contributed by atoms with van der Waals surface area (Å²) in [6.07, 6.45) is -0.196. The Kier molecular flexibility index (Phi) is 5.50. The lowest BCUT2D eigenvalue weighted by atomic mass is 10.1. The molecule has 0 amide bonds. The first-order valence-corrected chi connectivity index (χ1v) is 10.8. The number of alkyl halides is 3. The van der Waals surface area contributed by atoms with Crippen molar-refractivity contribution in [1.29, 1.82) is 0 Å². The zero-order chi connectivity index (χ0) is 24.9. The summed E-state index contributed by atoms with van der Waals surface area (Å²) >= 11 is 0. The van der Waals surface area contributed by atoms with Gasteiger partial charge in [-0.2, -0.15) is 18.3 Å². The fraction of sp³-hybridized carbons (Fsp3) is 0.364. The summed E-state index contributed by atoms with van der Waals surface area (Å²) < 4.78 is 48.1. The maximum absolute atomic E-state index is 13.1. The summed E-state index contributed by atoms with van der Waals surface area (Å²) in [6, 6.07) is 2.15. The van der Waals surface area contributed by atoms with Gasteiger partial charge in [-0.25, -0.2) is 15.0 Å². The van der Waals surface area contributed by atoms with Gasteiger partial charge in [-0.15, -0.1) is 0 Å². The monoisotopic (exact) mass is 486 g/mol. The molecule has 0 saturated carbocycles. The summed E-state index contributed by atoms with van der Waals surface area (Å²) in [6.45, 7) is 2.92. The van der Waals surface area contributed by atoms with Crippen molar-refractivity contribution in [3.63, 3.8) is 0 Å². The highest BCUT2D eigenvalue weighted by atomic mass is 19.4. The smallest absolute Gasteiger partial charge is 0.370 e. The quantitative estimate of drug-likeness (QED) is 0.435. The summed E-state index contributed by atoms with van der Waals surface area (Å²) in [4.78, 5) is 32.1. The Morgan fingerprint density at radius 3 is 2.54 bits per heavy atom. The predicted molar refractivity (Wildman–Crippen MR) is 120 cm³/mol. The predicted octanol–water partition coefficient (Wildman–Crippen LogP) is 2.42. The number of aromatic nitrogens is 7. The highest BCUT2D eigenvalue weighted by molar-refractivity contribution is 5.89. The van der Waals surface area contributed by atoms with Crippen LogP contribution in [0.5, 0.6) is 0 Å². The number of pyridine rings is 1. The number of ether oxygens (including phenoxy) is 1. The third-order valence-electron chi connectivity index (χ3n) is 5.91. The van der Waals surface area contributed by atoms with E-state index in [0.29, 0.717) is 31.1 Å². The number of hydrogen-bond donors (Lipinski definition) is 0. The molecule has 182 valence electrons. The zero-order valence-electron chi connectivity index (χ0n) is 19.1. The minimum absolute atomic E-state index is 0.0717. The van der Waals surface area contributed by atoms with Gasteiger partial charge in [0.1, 0.15) is 28.8 Å². The molecule has 0 aromatic carbocycles. The first-order chi connectivity index (χ1) is 16.6. The molecule has 4 aromatic heterocycles. The van der Waals surface area contributed by atoms with Crippen molar-refractivity contribution < 1.29 is 17.9 Å². The van der Waals surface area contributed by atoms with Crippen molar-refractivity contribution in [3.05, 3.63) is 58.2 Å². The van der Waals surface area contributed by atoms with Crippen LogP contribution in [0.25, 0.3) is 22.3 Å². The number of anilines is 1. The number of rotatable bonds is 3. The molecule has 0 aliphatic carbocycles. The first kappa shape index (κ1) is 22.9. The Labute approximate surface area is 197 Å². The first-order valence-electron chi connectivity index (χ1n) is 10.8.